The summed E-state index contributed by atoms with van der Waals surface area (Å²) in [6, 6.07) is 11.7. The van der Waals surface area contributed by atoms with Crippen LogP contribution >= 0.6 is 0 Å². The lowest BCUT2D eigenvalue weighted by molar-refractivity contribution is 0.577. The fourth-order valence-electron chi connectivity index (χ4n) is 2.51. The summed E-state index contributed by atoms with van der Waals surface area (Å²) in [5.41, 5.74) is 9.38. The fraction of sp³-hybridized carbons (Fsp3) is 0.118. The van der Waals surface area contributed by atoms with Crippen molar-refractivity contribution in [2.24, 2.45) is 0 Å². The van der Waals surface area contributed by atoms with Crippen LogP contribution in [0.5, 0.6) is 0 Å². The Kier molecular flexibility index (Phi) is 3.19. The van der Waals surface area contributed by atoms with Gasteiger partial charge in [-0.2, -0.15) is 0 Å². The summed E-state index contributed by atoms with van der Waals surface area (Å²) < 4.78 is 6.98. The number of nitrogen functional groups attached to an aromatic ring is 1. The van der Waals surface area contributed by atoms with Crippen LogP contribution in [0.3, 0.4) is 0 Å². The summed E-state index contributed by atoms with van der Waals surface area (Å²) in [5, 5.41) is 4.44. The van der Waals surface area contributed by atoms with E-state index in [-0.39, 0.29) is 0 Å². The molecule has 0 radical (unpaired) electrons. The molecule has 24 heavy (non-hydrogen) atoms. The third-order valence-corrected chi connectivity index (χ3v) is 3.75. The molecule has 3 heterocycles. The summed E-state index contributed by atoms with van der Waals surface area (Å²) in [7, 11) is 3.99. The fourth-order valence-corrected chi connectivity index (χ4v) is 2.51. The molecule has 0 spiro atoms. The van der Waals surface area contributed by atoms with Gasteiger partial charge in [0, 0.05) is 25.3 Å². The largest absolute Gasteiger partial charge is 0.461 e. The highest BCUT2D eigenvalue weighted by Gasteiger charge is 2.13. The maximum Gasteiger partial charge on any atom is 0.218 e. The number of nitrogens with zero attached hydrogens (tertiary/aromatic N) is 5. The third-order valence-electron chi connectivity index (χ3n) is 3.75. The van der Waals surface area contributed by atoms with E-state index in [2.05, 4.69) is 21.1 Å². The number of fused-ring (bicyclic) bond motifs is 1. The van der Waals surface area contributed by atoms with Crippen LogP contribution in [0, 0.1) is 0 Å². The Morgan fingerprint density at radius 1 is 1.12 bits per heavy atom. The second-order valence-corrected chi connectivity index (χ2v) is 5.64. The van der Waals surface area contributed by atoms with Crippen molar-refractivity contribution in [3.63, 3.8) is 0 Å². The molecule has 0 bridgehead atoms. The second kappa shape index (κ2) is 5.38. The zero-order valence-corrected chi connectivity index (χ0v) is 13.3. The van der Waals surface area contributed by atoms with Gasteiger partial charge in [-0.25, -0.2) is 14.5 Å². The summed E-state index contributed by atoms with van der Waals surface area (Å²) in [5.74, 6) is 1.40. The molecule has 0 aliphatic rings. The van der Waals surface area contributed by atoms with Crippen LogP contribution in [-0.2, 0) is 0 Å². The lowest BCUT2D eigenvalue weighted by Gasteiger charge is -2.13. The van der Waals surface area contributed by atoms with E-state index in [0.717, 1.165) is 16.9 Å². The zero-order valence-electron chi connectivity index (χ0n) is 13.3. The monoisotopic (exact) mass is 320 g/mol. The Bertz CT molecular complexity index is 1000. The molecule has 0 fully saturated rings. The SMILES string of the molecule is CN(C)c1cccc(-c2cn3nc(-c4ccco4)nc3c(N)n2)c1. The molecule has 0 saturated carbocycles. The topological polar surface area (TPSA) is 85.5 Å². The van der Waals surface area contributed by atoms with Crippen molar-refractivity contribution in [3.8, 4) is 22.8 Å². The molecule has 1 aromatic carbocycles. The molecular weight excluding hydrogens is 304 g/mol. The van der Waals surface area contributed by atoms with Crippen molar-refractivity contribution < 1.29 is 4.42 Å². The average molecular weight is 320 g/mol. The minimum Gasteiger partial charge on any atom is -0.461 e. The molecule has 0 aliphatic carbocycles. The number of benzene rings is 1. The smallest absolute Gasteiger partial charge is 0.218 e. The van der Waals surface area contributed by atoms with Crippen molar-refractivity contribution in [1.29, 1.82) is 0 Å². The zero-order chi connectivity index (χ0) is 16.7. The predicted octanol–water partition coefficient (Wildman–Crippen LogP) is 2.70. The molecule has 4 rings (SSSR count). The predicted molar refractivity (Wildman–Crippen MR) is 92.7 cm³/mol. The second-order valence-electron chi connectivity index (χ2n) is 5.64. The lowest BCUT2D eigenvalue weighted by Crippen LogP contribution is -2.08. The highest BCUT2D eigenvalue weighted by atomic mass is 16.3. The van der Waals surface area contributed by atoms with Gasteiger partial charge < -0.3 is 15.1 Å². The van der Waals surface area contributed by atoms with Gasteiger partial charge >= 0.3 is 0 Å². The number of furan rings is 1. The minimum atomic E-state index is 0.327. The quantitative estimate of drug-likeness (QED) is 0.624. The first-order chi connectivity index (χ1) is 11.6. The summed E-state index contributed by atoms with van der Waals surface area (Å²) in [6.45, 7) is 0. The van der Waals surface area contributed by atoms with Crippen LogP contribution in [0.25, 0.3) is 28.5 Å². The van der Waals surface area contributed by atoms with Crippen molar-refractivity contribution in [3.05, 3.63) is 48.9 Å². The van der Waals surface area contributed by atoms with Crippen molar-refractivity contribution in [1.82, 2.24) is 19.6 Å². The molecule has 0 saturated heterocycles. The van der Waals surface area contributed by atoms with Crippen LogP contribution in [0.1, 0.15) is 0 Å². The maximum absolute atomic E-state index is 6.08. The lowest BCUT2D eigenvalue weighted by atomic mass is 10.1. The van der Waals surface area contributed by atoms with E-state index in [1.54, 1.807) is 22.9 Å². The Labute approximate surface area is 138 Å². The van der Waals surface area contributed by atoms with Crippen molar-refractivity contribution in [2.45, 2.75) is 0 Å². The molecule has 7 nitrogen and oxygen atoms in total. The van der Waals surface area contributed by atoms with Crippen molar-refractivity contribution in [2.75, 3.05) is 24.7 Å². The Morgan fingerprint density at radius 2 is 2.00 bits per heavy atom. The highest BCUT2D eigenvalue weighted by molar-refractivity contribution is 5.71. The van der Waals surface area contributed by atoms with Gasteiger partial charge in [0.15, 0.2) is 17.2 Å². The molecule has 4 aromatic rings. The first-order valence-corrected chi connectivity index (χ1v) is 7.46. The van der Waals surface area contributed by atoms with Gasteiger partial charge in [-0.05, 0) is 24.3 Å². The Hall–Kier alpha value is -3.35. The van der Waals surface area contributed by atoms with E-state index >= 15 is 0 Å². The van der Waals surface area contributed by atoms with Crippen LogP contribution in [0.4, 0.5) is 11.5 Å². The van der Waals surface area contributed by atoms with Crippen LogP contribution in [0.15, 0.2) is 53.3 Å². The van der Waals surface area contributed by atoms with Gasteiger partial charge in [0.1, 0.15) is 0 Å². The number of aromatic nitrogens is 4. The maximum atomic E-state index is 6.08. The number of anilines is 2. The third kappa shape index (κ3) is 2.36. The van der Waals surface area contributed by atoms with Crippen LogP contribution in [0.2, 0.25) is 0 Å². The minimum absolute atomic E-state index is 0.327. The highest BCUT2D eigenvalue weighted by Crippen LogP contribution is 2.25. The summed E-state index contributed by atoms with van der Waals surface area (Å²) in [4.78, 5) is 10.9. The van der Waals surface area contributed by atoms with E-state index < -0.39 is 0 Å². The average Bonchev–Trinajstić information content (AvgIpc) is 3.24. The Morgan fingerprint density at radius 3 is 2.75 bits per heavy atom. The van der Waals surface area contributed by atoms with Crippen LogP contribution in [-0.4, -0.2) is 33.7 Å². The van der Waals surface area contributed by atoms with E-state index in [9.17, 15) is 0 Å². The molecule has 7 heteroatoms. The molecule has 2 N–H and O–H groups in total. The number of rotatable bonds is 3. The first-order valence-electron chi connectivity index (χ1n) is 7.46. The molecule has 0 aliphatic heterocycles. The summed E-state index contributed by atoms with van der Waals surface area (Å²) >= 11 is 0. The number of nitrogens with two attached hydrogens (primary N) is 1. The molecular formula is C17H16N6O. The van der Waals surface area contributed by atoms with E-state index in [1.165, 1.54) is 0 Å². The van der Waals surface area contributed by atoms with E-state index in [1.807, 2.05) is 43.4 Å². The summed E-state index contributed by atoms with van der Waals surface area (Å²) in [6.07, 6.45) is 3.40. The standard InChI is InChI=1S/C17H16N6O/c1-22(2)12-6-3-5-11(9-12)13-10-23-17(15(18)19-13)20-16(21-23)14-7-4-8-24-14/h3-10H,1-2H3,(H2,18,19). The van der Waals surface area contributed by atoms with E-state index in [4.69, 9.17) is 10.2 Å². The molecule has 0 unspecified atom stereocenters. The molecule has 3 aromatic heterocycles. The van der Waals surface area contributed by atoms with Crippen LogP contribution < -0.4 is 10.6 Å². The molecule has 0 atom stereocenters. The van der Waals surface area contributed by atoms with Gasteiger partial charge in [0.05, 0.1) is 18.2 Å². The van der Waals surface area contributed by atoms with Crippen molar-refractivity contribution >= 4 is 17.2 Å². The molecule has 120 valence electrons. The van der Waals surface area contributed by atoms with Gasteiger partial charge in [0.2, 0.25) is 5.82 Å². The molecule has 0 amide bonds. The Balaban J connectivity index is 1.84. The number of hydrogen-bond donors (Lipinski definition) is 1. The number of hydrogen-bond acceptors (Lipinski definition) is 6. The van der Waals surface area contributed by atoms with Gasteiger partial charge in [-0.3, -0.25) is 0 Å². The van der Waals surface area contributed by atoms with Gasteiger partial charge in [-0.15, -0.1) is 5.10 Å². The van der Waals surface area contributed by atoms with E-state index in [0.29, 0.717) is 23.0 Å². The van der Waals surface area contributed by atoms with Gasteiger partial charge in [-0.1, -0.05) is 12.1 Å². The van der Waals surface area contributed by atoms with Gasteiger partial charge in [0.25, 0.3) is 0 Å². The first kappa shape index (κ1) is 14.3. The normalized spacial score (nSPS) is 11.1.